The summed E-state index contributed by atoms with van der Waals surface area (Å²) in [5, 5.41) is 9.91. The minimum atomic E-state index is -2.48. The number of hydrogen-bond acceptors (Lipinski definition) is 1. The van der Waals surface area contributed by atoms with Crippen LogP contribution in [-0.2, 0) is 0 Å². The van der Waals surface area contributed by atoms with E-state index in [1.807, 2.05) is 0 Å². The molecule has 0 amide bonds. The lowest BCUT2D eigenvalue weighted by atomic mass is 9.81. The molecule has 96 valence electrons. The molecule has 0 aromatic carbocycles. The fourth-order valence-electron chi connectivity index (χ4n) is 2.42. The second kappa shape index (κ2) is 5.95. The van der Waals surface area contributed by atoms with Crippen LogP contribution in [0.3, 0.4) is 0 Å². The van der Waals surface area contributed by atoms with Crippen molar-refractivity contribution in [3.05, 3.63) is 0 Å². The van der Waals surface area contributed by atoms with Crippen LogP contribution in [0.5, 0.6) is 0 Å². The van der Waals surface area contributed by atoms with Gasteiger partial charge in [-0.3, -0.25) is 0 Å². The Hall–Kier alpha value is -0.180. The van der Waals surface area contributed by atoms with Crippen molar-refractivity contribution in [2.45, 2.75) is 70.8 Å². The third-order valence-electron chi connectivity index (χ3n) is 3.59. The van der Waals surface area contributed by atoms with E-state index in [1.54, 1.807) is 0 Å². The van der Waals surface area contributed by atoms with Gasteiger partial charge in [0.2, 0.25) is 5.92 Å². The van der Waals surface area contributed by atoms with Crippen molar-refractivity contribution in [2.24, 2.45) is 11.8 Å². The summed E-state index contributed by atoms with van der Waals surface area (Å²) in [4.78, 5) is 0. The average molecular weight is 234 g/mol. The molecule has 0 radical (unpaired) electrons. The molecule has 1 unspecified atom stereocenters. The summed E-state index contributed by atoms with van der Waals surface area (Å²) in [5.41, 5.74) is 0. The van der Waals surface area contributed by atoms with Gasteiger partial charge in [-0.1, -0.05) is 26.7 Å². The van der Waals surface area contributed by atoms with Crippen LogP contribution in [0.1, 0.15) is 58.8 Å². The van der Waals surface area contributed by atoms with Gasteiger partial charge in [0.15, 0.2) is 0 Å². The molecule has 3 heteroatoms. The Kier molecular flexibility index (Phi) is 5.16. The van der Waals surface area contributed by atoms with E-state index in [0.29, 0.717) is 18.8 Å². The number of aliphatic hydroxyl groups excluding tert-OH is 1. The third kappa shape index (κ3) is 4.77. The lowest BCUT2D eigenvalue weighted by molar-refractivity contribution is -0.0632. The van der Waals surface area contributed by atoms with Gasteiger partial charge in [-0.2, -0.15) is 0 Å². The van der Waals surface area contributed by atoms with E-state index < -0.39 is 5.92 Å². The molecule has 0 aromatic rings. The van der Waals surface area contributed by atoms with Gasteiger partial charge in [0, 0.05) is 12.8 Å². The molecule has 0 heterocycles. The highest BCUT2D eigenvalue weighted by molar-refractivity contribution is 4.81. The highest BCUT2D eigenvalue weighted by Gasteiger charge is 2.36. The molecule has 1 N–H and O–H groups in total. The minimum Gasteiger partial charge on any atom is -0.393 e. The normalized spacial score (nSPS) is 23.6. The van der Waals surface area contributed by atoms with Crippen LogP contribution in [0.4, 0.5) is 8.78 Å². The van der Waals surface area contributed by atoms with Crippen LogP contribution < -0.4 is 0 Å². The van der Waals surface area contributed by atoms with E-state index >= 15 is 0 Å². The van der Waals surface area contributed by atoms with Crippen LogP contribution in [-0.4, -0.2) is 17.1 Å². The summed E-state index contributed by atoms with van der Waals surface area (Å²) in [5.74, 6) is -1.72. The second-order valence-electron chi connectivity index (χ2n) is 5.59. The molecule has 1 rings (SSSR count). The Bertz CT molecular complexity index is 194. The van der Waals surface area contributed by atoms with Crippen LogP contribution in [0.15, 0.2) is 0 Å². The highest BCUT2D eigenvalue weighted by Crippen LogP contribution is 2.38. The maximum absolute atomic E-state index is 12.9. The molecule has 1 nitrogen and oxygen atoms in total. The molecule has 0 spiro atoms. The Labute approximate surface area is 97.2 Å². The fourth-order valence-corrected chi connectivity index (χ4v) is 2.42. The van der Waals surface area contributed by atoms with Crippen molar-refractivity contribution in [2.75, 3.05) is 0 Å². The molecule has 1 aliphatic rings. The van der Waals surface area contributed by atoms with Gasteiger partial charge in [-0.25, -0.2) is 8.78 Å². The summed E-state index contributed by atoms with van der Waals surface area (Å²) in [6.45, 7) is 4.32. The molecule has 0 aromatic heterocycles. The van der Waals surface area contributed by atoms with E-state index in [2.05, 4.69) is 13.8 Å². The smallest absolute Gasteiger partial charge is 0.248 e. The van der Waals surface area contributed by atoms with E-state index in [0.717, 1.165) is 19.3 Å². The Morgan fingerprint density at radius 2 is 1.75 bits per heavy atom. The molecule has 16 heavy (non-hydrogen) atoms. The number of halogens is 2. The third-order valence-corrected chi connectivity index (χ3v) is 3.59. The molecular formula is C13H24F2O. The van der Waals surface area contributed by atoms with Crippen LogP contribution in [0, 0.1) is 11.8 Å². The maximum atomic E-state index is 12.9. The zero-order valence-electron chi connectivity index (χ0n) is 10.4. The molecule has 0 saturated heterocycles. The van der Waals surface area contributed by atoms with Crippen molar-refractivity contribution < 1.29 is 13.9 Å². The van der Waals surface area contributed by atoms with E-state index in [9.17, 15) is 13.9 Å². The SMILES string of the molecule is CC(C)CCCC(O)C1CCC(F)(F)CC1. The quantitative estimate of drug-likeness (QED) is 0.762. The highest BCUT2D eigenvalue weighted by atomic mass is 19.3. The molecule has 0 aliphatic heterocycles. The Morgan fingerprint density at radius 3 is 2.25 bits per heavy atom. The standard InChI is InChI=1S/C13H24F2O/c1-10(2)4-3-5-12(16)11-6-8-13(14,15)9-7-11/h10-12,16H,3-9H2,1-2H3. The van der Waals surface area contributed by atoms with Gasteiger partial charge < -0.3 is 5.11 Å². The van der Waals surface area contributed by atoms with E-state index in [1.165, 1.54) is 0 Å². The van der Waals surface area contributed by atoms with Gasteiger partial charge in [0.25, 0.3) is 0 Å². The second-order valence-corrected chi connectivity index (χ2v) is 5.59. The summed E-state index contributed by atoms with van der Waals surface area (Å²) in [6.07, 6.45) is 3.40. The monoisotopic (exact) mass is 234 g/mol. The fraction of sp³-hybridized carbons (Fsp3) is 1.00. The van der Waals surface area contributed by atoms with Crippen molar-refractivity contribution in [3.8, 4) is 0 Å². The first-order valence-corrected chi connectivity index (χ1v) is 6.46. The summed E-state index contributed by atoms with van der Waals surface area (Å²) in [6, 6.07) is 0. The molecule has 0 bridgehead atoms. The predicted molar refractivity (Wildman–Crippen MR) is 61.6 cm³/mol. The predicted octanol–water partition coefficient (Wildman–Crippen LogP) is 4.00. The zero-order valence-corrected chi connectivity index (χ0v) is 10.4. The largest absolute Gasteiger partial charge is 0.393 e. The molecule has 1 aliphatic carbocycles. The van der Waals surface area contributed by atoms with Crippen molar-refractivity contribution in [3.63, 3.8) is 0 Å². The molecular weight excluding hydrogens is 210 g/mol. The van der Waals surface area contributed by atoms with Gasteiger partial charge in [0.1, 0.15) is 0 Å². The first-order chi connectivity index (χ1) is 7.41. The van der Waals surface area contributed by atoms with Gasteiger partial charge in [-0.05, 0) is 31.1 Å². The Balaban J connectivity index is 2.20. The van der Waals surface area contributed by atoms with E-state index in [-0.39, 0.29) is 24.9 Å². The van der Waals surface area contributed by atoms with Gasteiger partial charge in [-0.15, -0.1) is 0 Å². The summed E-state index contributed by atoms with van der Waals surface area (Å²) < 4.78 is 25.8. The minimum absolute atomic E-state index is 0.0428. The number of aliphatic hydroxyl groups is 1. The molecule has 1 fully saturated rings. The number of alkyl halides is 2. The first kappa shape index (κ1) is 13.9. The topological polar surface area (TPSA) is 20.2 Å². The van der Waals surface area contributed by atoms with E-state index in [4.69, 9.17) is 0 Å². The lowest BCUT2D eigenvalue weighted by Gasteiger charge is -2.31. The van der Waals surface area contributed by atoms with Gasteiger partial charge in [0.05, 0.1) is 6.10 Å². The molecule has 1 saturated carbocycles. The first-order valence-electron chi connectivity index (χ1n) is 6.46. The Morgan fingerprint density at radius 1 is 1.19 bits per heavy atom. The van der Waals surface area contributed by atoms with Crippen LogP contribution in [0.2, 0.25) is 0 Å². The summed E-state index contributed by atoms with van der Waals surface area (Å²) in [7, 11) is 0. The lowest BCUT2D eigenvalue weighted by Crippen LogP contribution is -2.31. The van der Waals surface area contributed by atoms with Crippen molar-refractivity contribution in [1.29, 1.82) is 0 Å². The zero-order chi connectivity index (χ0) is 12.2. The maximum Gasteiger partial charge on any atom is 0.248 e. The van der Waals surface area contributed by atoms with Crippen molar-refractivity contribution >= 4 is 0 Å². The molecule has 1 atom stereocenters. The summed E-state index contributed by atoms with van der Waals surface area (Å²) >= 11 is 0. The number of hydrogen-bond donors (Lipinski definition) is 1. The average Bonchev–Trinajstić information content (AvgIpc) is 2.16. The van der Waals surface area contributed by atoms with Crippen LogP contribution in [0.25, 0.3) is 0 Å². The van der Waals surface area contributed by atoms with Crippen LogP contribution >= 0.6 is 0 Å². The number of rotatable bonds is 5. The van der Waals surface area contributed by atoms with Gasteiger partial charge >= 0.3 is 0 Å². The van der Waals surface area contributed by atoms with Crippen molar-refractivity contribution in [1.82, 2.24) is 0 Å².